The SMILES string of the molecule is COc1cc(CNC(=O)c2cc(C3=NOC(C4CCC(NC(=O)CC#N)CC4)C3)nc(C)n2)ccc1F. The number of aryl methyl sites for hydroxylation is 1. The Kier molecular flexibility index (Phi) is 8.28. The lowest BCUT2D eigenvalue weighted by Crippen LogP contribution is -2.39. The number of hydrogen-bond acceptors (Lipinski definition) is 8. The molecule has 1 fully saturated rings. The minimum Gasteiger partial charge on any atom is -0.494 e. The zero-order valence-electron chi connectivity index (χ0n) is 20.8. The first-order valence-corrected chi connectivity index (χ1v) is 12.2. The van der Waals surface area contributed by atoms with E-state index < -0.39 is 5.82 Å². The van der Waals surface area contributed by atoms with Crippen molar-refractivity contribution in [2.45, 2.75) is 64.1 Å². The number of methoxy groups -OCH3 is 1. The molecule has 2 aliphatic rings. The molecule has 37 heavy (non-hydrogen) atoms. The number of carbonyl (C=O) groups is 2. The van der Waals surface area contributed by atoms with E-state index in [0.29, 0.717) is 35.1 Å². The van der Waals surface area contributed by atoms with Crippen molar-refractivity contribution in [3.63, 3.8) is 0 Å². The van der Waals surface area contributed by atoms with Crippen LogP contribution < -0.4 is 15.4 Å². The summed E-state index contributed by atoms with van der Waals surface area (Å²) in [5, 5.41) is 18.6. The summed E-state index contributed by atoms with van der Waals surface area (Å²) >= 11 is 0. The predicted octanol–water partition coefficient (Wildman–Crippen LogP) is 2.94. The van der Waals surface area contributed by atoms with Gasteiger partial charge in [-0.2, -0.15) is 5.26 Å². The molecule has 2 heterocycles. The molecular formula is C26H29FN6O4. The first-order valence-electron chi connectivity index (χ1n) is 12.2. The van der Waals surface area contributed by atoms with Crippen molar-refractivity contribution in [3.8, 4) is 11.8 Å². The minimum absolute atomic E-state index is 0.0838. The van der Waals surface area contributed by atoms with Crippen molar-refractivity contribution >= 4 is 17.5 Å². The van der Waals surface area contributed by atoms with Gasteiger partial charge in [-0.15, -0.1) is 0 Å². The van der Waals surface area contributed by atoms with Crippen LogP contribution in [0.2, 0.25) is 0 Å². The lowest BCUT2D eigenvalue weighted by atomic mass is 9.81. The highest BCUT2D eigenvalue weighted by Crippen LogP contribution is 2.33. The van der Waals surface area contributed by atoms with Gasteiger partial charge in [0, 0.05) is 19.0 Å². The van der Waals surface area contributed by atoms with Crippen molar-refractivity contribution in [1.29, 1.82) is 5.26 Å². The van der Waals surface area contributed by atoms with Gasteiger partial charge in [0.15, 0.2) is 11.6 Å². The Morgan fingerprint density at radius 2 is 2.00 bits per heavy atom. The Morgan fingerprint density at radius 1 is 1.22 bits per heavy atom. The first kappa shape index (κ1) is 26.0. The monoisotopic (exact) mass is 508 g/mol. The van der Waals surface area contributed by atoms with Crippen LogP contribution in [0.4, 0.5) is 4.39 Å². The highest BCUT2D eigenvalue weighted by atomic mass is 19.1. The van der Waals surface area contributed by atoms with Gasteiger partial charge in [-0.3, -0.25) is 9.59 Å². The Bertz CT molecular complexity index is 1240. The van der Waals surface area contributed by atoms with Gasteiger partial charge >= 0.3 is 0 Å². The first-order chi connectivity index (χ1) is 17.9. The topological polar surface area (TPSA) is 139 Å². The molecule has 2 aromatic rings. The van der Waals surface area contributed by atoms with Crippen molar-refractivity contribution in [1.82, 2.24) is 20.6 Å². The number of halogens is 1. The predicted molar refractivity (Wildman–Crippen MR) is 131 cm³/mol. The molecule has 1 unspecified atom stereocenters. The number of amides is 2. The van der Waals surface area contributed by atoms with Gasteiger partial charge in [0.1, 0.15) is 29.8 Å². The van der Waals surface area contributed by atoms with Crippen LogP contribution in [0.15, 0.2) is 29.4 Å². The van der Waals surface area contributed by atoms with Crippen LogP contribution in [0.25, 0.3) is 0 Å². The van der Waals surface area contributed by atoms with E-state index >= 15 is 0 Å². The summed E-state index contributed by atoms with van der Waals surface area (Å²) in [7, 11) is 1.38. The van der Waals surface area contributed by atoms with Gasteiger partial charge in [0.05, 0.1) is 18.9 Å². The Morgan fingerprint density at radius 3 is 2.73 bits per heavy atom. The molecule has 1 aromatic carbocycles. The average molecular weight is 509 g/mol. The van der Waals surface area contributed by atoms with Gasteiger partial charge in [-0.25, -0.2) is 14.4 Å². The molecule has 1 saturated carbocycles. The van der Waals surface area contributed by atoms with E-state index in [1.807, 2.05) is 6.07 Å². The van der Waals surface area contributed by atoms with Gasteiger partial charge in [0.2, 0.25) is 5.91 Å². The van der Waals surface area contributed by atoms with E-state index in [0.717, 1.165) is 25.7 Å². The Labute approximate surface area is 214 Å². The molecule has 0 spiro atoms. The van der Waals surface area contributed by atoms with Crippen molar-refractivity contribution in [3.05, 3.63) is 52.9 Å². The second kappa shape index (κ2) is 11.8. The molecule has 4 rings (SSSR count). The van der Waals surface area contributed by atoms with E-state index in [1.165, 1.54) is 19.2 Å². The summed E-state index contributed by atoms with van der Waals surface area (Å²) in [5.74, 6) is -0.248. The Hall–Kier alpha value is -4.07. The van der Waals surface area contributed by atoms with Crippen molar-refractivity contribution in [2.24, 2.45) is 11.1 Å². The number of aromatic nitrogens is 2. The number of oxime groups is 1. The van der Waals surface area contributed by atoms with Crippen LogP contribution in [-0.4, -0.2) is 46.7 Å². The summed E-state index contributed by atoms with van der Waals surface area (Å²) in [4.78, 5) is 38.9. The third-order valence-corrected chi connectivity index (χ3v) is 6.63. The third-order valence-electron chi connectivity index (χ3n) is 6.63. The fraction of sp³-hybridized carbons (Fsp3) is 0.462. The second-order valence-electron chi connectivity index (χ2n) is 9.24. The highest BCUT2D eigenvalue weighted by Gasteiger charge is 2.34. The number of ether oxygens (including phenoxy) is 1. The zero-order chi connectivity index (χ0) is 26.4. The van der Waals surface area contributed by atoms with Gasteiger partial charge in [0.25, 0.3) is 5.91 Å². The third kappa shape index (κ3) is 6.58. The highest BCUT2D eigenvalue weighted by molar-refractivity contribution is 6.01. The standard InChI is InChI=1S/C26H29FN6O4/c1-15-30-20(12-22(31-15)26(35)29-14-16-3-8-19(27)24(11-16)36-2)21-13-23(37-33-21)17-4-6-18(7-5-17)32-25(34)9-10-28/h3,8,11-12,17-18,23H,4-7,9,13-14H2,1-2H3,(H,29,35)(H,32,34). The normalized spacial score (nSPS) is 20.8. The summed E-state index contributed by atoms with van der Waals surface area (Å²) in [6, 6.07) is 7.95. The summed E-state index contributed by atoms with van der Waals surface area (Å²) in [6.45, 7) is 1.89. The van der Waals surface area contributed by atoms with E-state index in [4.69, 9.17) is 14.8 Å². The number of nitriles is 1. The number of rotatable bonds is 8. The lowest BCUT2D eigenvalue weighted by Gasteiger charge is -2.31. The van der Waals surface area contributed by atoms with E-state index in [-0.39, 0.29) is 48.4 Å². The van der Waals surface area contributed by atoms with Crippen LogP contribution in [-0.2, 0) is 16.2 Å². The fourth-order valence-corrected chi connectivity index (χ4v) is 4.71. The molecule has 194 valence electrons. The maximum absolute atomic E-state index is 13.6. The molecule has 0 radical (unpaired) electrons. The molecule has 1 aliphatic heterocycles. The van der Waals surface area contributed by atoms with Crippen LogP contribution in [0.3, 0.4) is 0 Å². The van der Waals surface area contributed by atoms with Crippen LogP contribution in [0.1, 0.15) is 66.1 Å². The lowest BCUT2D eigenvalue weighted by molar-refractivity contribution is -0.121. The van der Waals surface area contributed by atoms with E-state index in [9.17, 15) is 14.0 Å². The second-order valence-corrected chi connectivity index (χ2v) is 9.24. The molecule has 2 N–H and O–H groups in total. The number of carbonyl (C=O) groups excluding carboxylic acids is 2. The maximum Gasteiger partial charge on any atom is 0.270 e. The van der Waals surface area contributed by atoms with Gasteiger partial charge in [-0.05, 0) is 62.3 Å². The fourth-order valence-electron chi connectivity index (χ4n) is 4.71. The largest absolute Gasteiger partial charge is 0.494 e. The van der Waals surface area contributed by atoms with Gasteiger partial charge in [-0.1, -0.05) is 11.2 Å². The zero-order valence-corrected chi connectivity index (χ0v) is 20.8. The molecular weight excluding hydrogens is 479 g/mol. The molecule has 1 aliphatic carbocycles. The average Bonchev–Trinajstić information content (AvgIpc) is 3.39. The quantitative estimate of drug-likeness (QED) is 0.559. The van der Waals surface area contributed by atoms with E-state index in [2.05, 4.69) is 25.8 Å². The molecule has 1 atom stereocenters. The molecule has 11 heteroatoms. The van der Waals surface area contributed by atoms with Gasteiger partial charge < -0.3 is 20.2 Å². The minimum atomic E-state index is -0.470. The molecule has 2 amide bonds. The summed E-state index contributed by atoms with van der Waals surface area (Å²) in [6.07, 6.45) is 3.78. The number of benzene rings is 1. The van der Waals surface area contributed by atoms with E-state index in [1.54, 1.807) is 19.1 Å². The van der Waals surface area contributed by atoms with Crippen molar-refractivity contribution in [2.75, 3.05) is 7.11 Å². The smallest absolute Gasteiger partial charge is 0.270 e. The number of nitrogens with zero attached hydrogens (tertiary/aromatic N) is 4. The molecule has 1 aromatic heterocycles. The van der Waals surface area contributed by atoms with Crippen molar-refractivity contribution < 1.29 is 23.6 Å². The molecule has 10 nitrogen and oxygen atoms in total. The van der Waals surface area contributed by atoms with Crippen LogP contribution in [0, 0.1) is 30.0 Å². The molecule has 0 bridgehead atoms. The number of hydrogen-bond donors (Lipinski definition) is 2. The summed E-state index contributed by atoms with van der Waals surface area (Å²) < 4.78 is 18.6. The number of nitrogens with one attached hydrogen (secondary N) is 2. The summed E-state index contributed by atoms with van der Waals surface area (Å²) in [5.41, 5.74) is 2.10. The van der Waals surface area contributed by atoms with Crippen LogP contribution in [0.5, 0.6) is 5.75 Å². The van der Waals surface area contributed by atoms with Crippen LogP contribution >= 0.6 is 0 Å². The maximum atomic E-state index is 13.6. The Balaban J connectivity index is 1.33. The molecule has 0 saturated heterocycles.